The zero-order valence-electron chi connectivity index (χ0n) is 16.2. The molecule has 0 unspecified atom stereocenters. The quantitative estimate of drug-likeness (QED) is 0.713. The van der Waals surface area contributed by atoms with Crippen molar-refractivity contribution in [2.24, 2.45) is 11.3 Å². The number of carbonyl (C=O) groups is 1. The third-order valence-corrected chi connectivity index (χ3v) is 6.57. The first-order valence-electron chi connectivity index (χ1n) is 9.93. The molecule has 5 nitrogen and oxygen atoms in total. The van der Waals surface area contributed by atoms with Gasteiger partial charge in [-0.15, -0.1) is 0 Å². The minimum Gasteiger partial charge on any atom is -0.396 e. The first-order valence-corrected chi connectivity index (χ1v) is 9.93. The van der Waals surface area contributed by atoms with Gasteiger partial charge in [0.05, 0.1) is 12.6 Å². The van der Waals surface area contributed by atoms with Crippen LogP contribution in [-0.2, 0) is 11.3 Å². The fourth-order valence-corrected chi connectivity index (χ4v) is 5.04. The maximum Gasteiger partial charge on any atom is 0.234 e. The molecule has 3 N–H and O–H groups in total. The van der Waals surface area contributed by atoms with E-state index in [1.165, 1.54) is 0 Å². The monoisotopic (exact) mass is 380 g/mol. The van der Waals surface area contributed by atoms with Crippen LogP contribution in [0.2, 0.25) is 0 Å². The highest BCUT2D eigenvalue weighted by Crippen LogP contribution is 2.68. The number of likely N-dealkylation sites (tertiary alicyclic amines) is 1. The molecule has 4 atom stereocenters. The van der Waals surface area contributed by atoms with Gasteiger partial charge in [0.15, 0.2) is 0 Å². The molecule has 2 aromatic rings. The molecule has 1 spiro atoms. The molecule has 0 radical (unpaired) electrons. The molecular weight excluding hydrogens is 352 g/mol. The number of rotatable bonds is 6. The van der Waals surface area contributed by atoms with Gasteiger partial charge in [-0.05, 0) is 35.4 Å². The van der Waals surface area contributed by atoms with Crippen molar-refractivity contribution in [3.8, 4) is 0 Å². The van der Waals surface area contributed by atoms with Gasteiger partial charge in [0.25, 0.3) is 0 Å². The molecule has 2 fully saturated rings. The molecule has 1 amide bonds. The first kappa shape index (κ1) is 19.1. The molecule has 1 aliphatic heterocycles. The summed E-state index contributed by atoms with van der Waals surface area (Å²) in [7, 11) is 0. The minimum absolute atomic E-state index is 0.0371. The standard InChI is InChI=1S/C23H28N2O3/c1-16-7-5-6-10-18(16)11-24-21(28)13-25-12-20(27)23(15-25)19(14-26)22(23)17-8-3-2-4-9-17/h2-10,19-20,22,26-27H,11-15H2,1H3,(H,24,28)/t19-,20-,22-,23-/m1/s1. The Hall–Kier alpha value is -2.21. The lowest BCUT2D eigenvalue weighted by molar-refractivity contribution is -0.122. The van der Waals surface area contributed by atoms with Crippen LogP contribution in [0.5, 0.6) is 0 Å². The van der Waals surface area contributed by atoms with Crippen LogP contribution < -0.4 is 5.32 Å². The van der Waals surface area contributed by atoms with Crippen LogP contribution in [0.1, 0.15) is 22.6 Å². The number of hydrogen-bond acceptors (Lipinski definition) is 4. The van der Waals surface area contributed by atoms with E-state index in [9.17, 15) is 15.0 Å². The van der Waals surface area contributed by atoms with E-state index in [0.29, 0.717) is 19.6 Å². The Labute approximate surface area is 166 Å². The number of β-amino-alcohol motifs (C(OH)–C–C–N with tert-alkyl or cyclic N) is 1. The number of hydrogen-bond donors (Lipinski definition) is 3. The van der Waals surface area contributed by atoms with Gasteiger partial charge in [-0.1, -0.05) is 54.6 Å². The zero-order chi connectivity index (χ0) is 19.7. The molecule has 148 valence electrons. The van der Waals surface area contributed by atoms with Crippen molar-refractivity contribution in [2.45, 2.75) is 25.5 Å². The van der Waals surface area contributed by atoms with Crippen molar-refractivity contribution in [1.82, 2.24) is 10.2 Å². The van der Waals surface area contributed by atoms with Crippen LogP contribution in [0.15, 0.2) is 54.6 Å². The maximum absolute atomic E-state index is 12.4. The number of aliphatic hydroxyl groups excluding tert-OH is 2. The van der Waals surface area contributed by atoms with Crippen molar-refractivity contribution >= 4 is 5.91 Å². The predicted octanol–water partition coefficient (Wildman–Crippen LogP) is 1.68. The lowest BCUT2D eigenvalue weighted by atomic mass is 9.95. The number of nitrogens with zero attached hydrogens (tertiary/aromatic N) is 1. The van der Waals surface area contributed by atoms with E-state index < -0.39 is 6.10 Å². The fraction of sp³-hybridized carbons (Fsp3) is 0.435. The largest absolute Gasteiger partial charge is 0.396 e. The van der Waals surface area contributed by atoms with Gasteiger partial charge in [0.1, 0.15) is 0 Å². The molecule has 5 heteroatoms. The molecule has 1 saturated carbocycles. The van der Waals surface area contributed by atoms with E-state index in [4.69, 9.17) is 0 Å². The predicted molar refractivity (Wildman–Crippen MR) is 108 cm³/mol. The summed E-state index contributed by atoms with van der Waals surface area (Å²) in [5.41, 5.74) is 3.09. The van der Waals surface area contributed by atoms with Gasteiger partial charge in [-0.2, -0.15) is 0 Å². The number of aryl methyl sites for hydroxylation is 1. The lowest BCUT2D eigenvalue weighted by Crippen LogP contribution is -2.36. The van der Waals surface area contributed by atoms with E-state index in [1.807, 2.05) is 54.3 Å². The van der Waals surface area contributed by atoms with E-state index in [2.05, 4.69) is 17.4 Å². The van der Waals surface area contributed by atoms with Crippen LogP contribution in [0, 0.1) is 18.3 Å². The van der Waals surface area contributed by atoms with Crippen LogP contribution in [-0.4, -0.2) is 53.4 Å². The number of carbonyl (C=O) groups excluding carboxylic acids is 1. The van der Waals surface area contributed by atoms with Gasteiger partial charge in [0.2, 0.25) is 5.91 Å². The summed E-state index contributed by atoms with van der Waals surface area (Å²) < 4.78 is 0. The fourth-order valence-electron chi connectivity index (χ4n) is 5.04. The Morgan fingerprint density at radius 3 is 2.61 bits per heavy atom. The Balaban J connectivity index is 1.38. The van der Waals surface area contributed by atoms with Crippen molar-refractivity contribution < 1.29 is 15.0 Å². The zero-order valence-corrected chi connectivity index (χ0v) is 16.2. The number of amides is 1. The second kappa shape index (κ2) is 7.66. The summed E-state index contributed by atoms with van der Waals surface area (Å²) >= 11 is 0. The SMILES string of the molecule is Cc1ccccc1CNC(=O)CN1C[C@@H](O)[C@@]2(C1)[C@H](CO)[C@H]2c1ccccc1. The molecule has 1 heterocycles. The van der Waals surface area contributed by atoms with Crippen LogP contribution >= 0.6 is 0 Å². The van der Waals surface area contributed by atoms with Crippen LogP contribution in [0.4, 0.5) is 0 Å². The molecule has 4 rings (SSSR count). The van der Waals surface area contributed by atoms with Gasteiger partial charge < -0.3 is 15.5 Å². The summed E-state index contributed by atoms with van der Waals surface area (Å²) in [5.74, 6) is 0.156. The molecule has 0 aromatic heterocycles. The van der Waals surface area contributed by atoms with Gasteiger partial charge in [0, 0.05) is 31.7 Å². The second-order valence-corrected chi connectivity index (χ2v) is 8.18. The highest BCUT2D eigenvalue weighted by Gasteiger charge is 2.70. The smallest absolute Gasteiger partial charge is 0.234 e. The van der Waals surface area contributed by atoms with Crippen molar-refractivity contribution in [3.63, 3.8) is 0 Å². The molecule has 2 aliphatic rings. The molecule has 1 saturated heterocycles. The normalized spacial score (nSPS) is 29.2. The van der Waals surface area contributed by atoms with Crippen LogP contribution in [0.3, 0.4) is 0 Å². The van der Waals surface area contributed by atoms with Crippen LogP contribution in [0.25, 0.3) is 0 Å². The second-order valence-electron chi connectivity index (χ2n) is 8.18. The van der Waals surface area contributed by atoms with E-state index in [1.54, 1.807) is 0 Å². The number of benzene rings is 2. The third kappa shape index (κ3) is 3.34. The Kier molecular flexibility index (Phi) is 5.23. The van der Waals surface area contributed by atoms with Crippen molar-refractivity contribution in [1.29, 1.82) is 0 Å². The molecule has 28 heavy (non-hydrogen) atoms. The Morgan fingerprint density at radius 2 is 1.89 bits per heavy atom. The summed E-state index contributed by atoms with van der Waals surface area (Å²) in [4.78, 5) is 14.5. The topological polar surface area (TPSA) is 72.8 Å². The third-order valence-electron chi connectivity index (χ3n) is 6.57. The van der Waals surface area contributed by atoms with Crippen molar-refractivity contribution in [3.05, 3.63) is 71.3 Å². The molecule has 1 aliphatic carbocycles. The van der Waals surface area contributed by atoms with E-state index in [0.717, 1.165) is 16.7 Å². The minimum atomic E-state index is -0.529. The summed E-state index contributed by atoms with van der Waals surface area (Å²) in [6, 6.07) is 18.1. The summed E-state index contributed by atoms with van der Waals surface area (Å²) in [5, 5.41) is 23.7. The average molecular weight is 380 g/mol. The van der Waals surface area contributed by atoms with E-state index in [-0.39, 0.29) is 36.3 Å². The average Bonchev–Trinajstić information content (AvgIpc) is 3.24. The van der Waals surface area contributed by atoms with E-state index >= 15 is 0 Å². The highest BCUT2D eigenvalue weighted by molar-refractivity contribution is 5.78. The Bertz CT molecular complexity index is 841. The summed E-state index contributed by atoms with van der Waals surface area (Å²) in [6.45, 7) is 3.98. The van der Waals surface area contributed by atoms with Gasteiger partial charge in [-0.3, -0.25) is 9.69 Å². The lowest BCUT2D eigenvalue weighted by Gasteiger charge is -2.16. The summed E-state index contributed by atoms with van der Waals surface area (Å²) in [6.07, 6.45) is -0.529. The number of nitrogens with one attached hydrogen (secondary N) is 1. The highest BCUT2D eigenvalue weighted by atomic mass is 16.3. The number of aliphatic hydroxyl groups is 2. The maximum atomic E-state index is 12.4. The van der Waals surface area contributed by atoms with Gasteiger partial charge in [-0.25, -0.2) is 0 Å². The Morgan fingerprint density at radius 1 is 1.18 bits per heavy atom. The molecule has 2 aromatic carbocycles. The van der Waals surface area contributed by atoms with Crippen molar-refractivity contribution in [2.75, 3.05) is 26.2 Å². The molecular formula is C23H28N2O3. The van der Waals surface area contributed by atoms with Gasteiger partial charge >= 0.3 is 0 Å². The first-order chi connectivity index (χ1) is 13.6. The molecule has 0 bridgehead atoms.